The fourth-order valence-corrected chi connectivity index (χ4v) is 4.54. The molecular weight excluding hydrogens is 404 g/mol. The monoisotopic (exact) mass is 428 g/mol. The lowest BCUT2D eigenvalue weighted by molar-refractivity contribution is 0.277. The zero-order valence-electron chi connectivity index (χ0n) is 17.8. The number of fused-ring (bicyclic) bond motifs is 1. The predicted octanol–water partition coefficient (Wildman–Crippen LogP) is 3.92. The molecule has 1 saturated carbocycles. The largest absolute Gasteiger partial charge is 0.338 e. The predicted molar refractivity (Wildman–Crippen MR) is 121 cm³/mol. The Kier molecular flexibility index (Phi) is 5.19. The first-order valence-corrected chi connectivity index (χ1v) is 10.9. The maximum absolute atomic E-state index is 12.7. The first-order chi connectivity index (χ1) is 15.7. The van der Waals surface area contributed by atoms with Crippen molar-refractivity contribution in [2.24, 2.45) is 5.92 Å². The van der Waals surface area contributed by atoms with Crippen molar-refractivity contribution in [3.8, 4) is 6.07 Å². The lowest BCUT2D eigenvalue weighted by atomic mass is 9.85. The van der Waals surface area contributed by atoms with Crippen LogP contribution in [0.2, 0.25) is 0 Å². The van der Waals surface area contributed by atoms with Gasteiger partial charge in [0.05, 0.1) is 42.0 Å². The number of nitrogens with one attached hydrogen (secondary N) is 2. The van der Waals surface area contributed by atoms with Gasteiger partial charge in [-0.2, -0.15) is 25.4 Å². The van der Waals surface area contributed by atoms with Gasteiger partial charge >= 0.3 is 0 Å². The number of nitriles is 1. The molecule has 0 spiro atoms. The van der Waals surface area contributed by atoms with Crippen LogP contribution in [0.1, 0.15) is 50.3 Å². The minimum absolute atomic E-state index is 0.0103. The van der Waals surface area contributed by atoms with Crippen molar-refractivity contribution < 1.29 is 0 Å². The average molecular weight is 429 g/mol. The fraction of sp³-hybridized carbons (Fsp3) is 0.348. The summed E-state index contributed by atoms with van der Waals surface area (Å²) < 4.78 is 1.87. The molecule has 1 fully saturated rings. The highest BCUT2D eigenvalue weighted by Crippen LogP contribution is 2.36. The van der Waals surface area contributed by atoms with Crippen molar-refractivity contribution in [1.82, 2.24) is 29.8 Å². The molecule has 0 amide bonds. The highest BCUT2D eigenvalue weighted by molar-refractivity contribution is 5.91. The second kappa shape index (κ2) is 8.30. The summed E-state index contributed by atoms with van der Waals surface area (Å²) in [6, 6.07) is 12.2. The summed E-state index contributed by atoms with van der Waals surface area (Å²) in [7, 11) is 0. The SMILES string of the molecule is CC(c1ccc(Nc2nn(C3CCCCC3C#N)c3cc[nH]c(=O)c23)cc1)n1nccn1. The molecule has 4 aromatic rings. The third-order valence-corrected chi connectivity index (χ3v) is 6.28. The average Bonchev–Trinajstić information content (AvgIpc) is 3.48. The molecule has 0 saturated heterocycles. The Labute approximate surface area is 184 Å². The molecule has 3 atom stereocenters. The molecule has 0 aliphatic heterocycles. The molecule has 162 valence electrons. The van der Waals surface area contributed by atoms with Gasteiger partial charge in [0, 0.05) is 11.9 Å². The van der Waals surface area contributed by atoms with E-state index in [-0.39, 0.29) is 23.6 Å². The summed E-state index contributed by atoms with van der Waals surface area (Å²) in [5, 5.41) is 26.6. The first kappa shape index (κ1) is 20.0. The molecule has 32 heavy (non-hydrogen) atoms. The molecule has 3 heterocycles. The van der Waals surface area contributed by atoms with Crippen LogP contribution in [-0.4, -0.2) is 29.8 Å². The van der Waals surface area contributed by atoms with Crippen LogP contribution in [0.15, 0.2) is 53.7 Å². The Hall–Kier alpha value is -3.93. The summed E-state index contributed by atoms with van der Waals surface area (Å²) in [5.41, 5.74) is 2.44. The molecule has 3 unspecified atom stereocenters. The van der Waals surface area contributed by atoms with E-state index in [2.05, 4.69) is 26.6 Å². The Balaban J connectivity index is 1.48. The molecule has 1 aliphatic carbocycles. The third kappa shape index (κ3) is 3.54. The van der Waals surface area contributed by atoms with Crippen LogP contribution in [-0.2, 0) is 0 Å². The minimum atomic E-state index is -0.199. The molecule has 9 heteroatoms. The van der Waals surface area contributed by atoms with Crippen LogP contribution < -0.4 is 10.9 Å². The van der Waals surface area contributed by atoms with Crippen LogP contribution in [0.25, 0.3) is 10.9 Å². The standard InChI is InChI=1S/C23H24N8O/c1-15(31-26-12-13-27-31)16-6-8-18(9-7-16)28-22-21-20(10-11-25-23(21)32)30(29-22)19-5-3-2-4-17(19)14-24/h6-13,15,17,19H,2-5H2,1H3,(H,25,32)(H,28,29). The van der Waals surface area contributed by atoms with E-state index in [0.29, 0.717) is 11.2 Å². The highest BCUT2D eigenvalue weighted by Gasteiger charge is 2.29. The maximum atomic E-state index is 12.7. The number of aromatic amines is 1. The molecule has 2 N–H and O–H groups in total. The smallest absolute Gasteiger partial charge is 0.261 e. The van der Waals surface area contributed by atoms with Gasteiger partial charge in [0.2, 0.25) is 0 Å². The Morgan fingerprint density at radius 3 is 2.66 bits per heavy atom. The number of pyridine rings is 1. The number of nitrogens with zero attached hydrogens (tertiary/aromatic N) is 6. The molecule has 9 nitrogen and oxygen atoms in total. The first-order valence-electron chi connectivity index (χ1n) is 10.9. The number of aromatic nitrogens is 6. The Morgan fingerprint density at radius 1 is 1.16 bits per heavy atom. The van der Waals surface area contributed by atoms with E-state index < -0.39 is 0 Å². The Morgan fingerprint density at radius 2 is 1.91 bits per heavy atom. The second-order valence-electron chi connectivity index (χ2n) is 8.22. The normalized spacial score (nSPS) is 19.5. The number of anilines is 2. The van der Waals surface area contributed by atoms with Crippen LogP contribution in [0.3, 0.4) is 0 Å². The summed E-state index contributed by atoms with van der Waals surface area (Å²) >= 11 is 0. The molecule has 1 aliphatic rings. The van der Waals surface area contributed by atoms with Crippen molar-refractivity contribution in [1.29, 1.82) is 5.26 Å². The summed E-state index contributed by atoms with van der Waals surface area (Å²) in [5.74, 6) is 0.398. The van der Waals surface area contributed by atoms with Gasteiger partial charge in [-0.05, 0) is 43.5 Å². The van der Waals surface area contributed by atoms with Crippen LogP contribution >= 0.6 is 0 Å². The van der Waals surface area contributed by atoms with Gasteiger partial charge in [0.15, 0.2) is 5.82 Å². The van der Waals surface area contributed by atoms with Gasteiger partial charge < -0.3 is 10.3 Å². The van der Waals surface area contributed by atoms with Gasteiger partial charge in [-0.15, -0.1) is 0 Å². The quantitative estimate of drug-likeness (QED) is 0.497. The molecule has 1 aromatic carbocycles. The fourth-order valence-electron chi connectivity index (χ4n) is 4.54. The van der Waals surface area contributed by atoms with Crippen molar-refractivity contribution in [2.75, 3.05) is 5.32 Å². The van der Waals surface area contributed by atoms with Crippen LogP contribution in [0.5, 0.6) is 0 Å². The number of hydrogen-bond donors (Lipinski definition) is 2. The third-order valence-electron chi connectivity index (χ3n) is 6.28. The highest BCUT2D eigenvalue weighted by atomic mass is 16.1. The molecular formula is C23H24N8O. The Bertz CT molecular complexity index is 1310. The summed E-state index contributed by atoms with van der Waals surface area (Å²) in [6.07, 6.45) is 8.81. The lowest BCUT2D eigenvalue weighted by Gasteiger charge is -2.27. The van der Waals surface area contributed by atoms with E-state index in [1.807, 2.05) is 41.9 Å². The number of rotatable bonds is 5. The zero-order chi connectivity index (χ0) is 22.1. The summed E-state index contributed by atoms with van der Waals surface area (Å²) in [6.45, 7) is 2.03. The maximum Gasteiger partial charge on any atom is 0.261 e. The summed E-state index contributed by atoms with van der Waals surface area (Å²) in [4.78, 5) is 17.1. The van der Waals surface area contributed by atoms with Crippen molar-refractivity contribution in [3.05, 3.63) is 64.8 Å². The number of benzene rings is 1. The van der Waals surface area contributed by atoms with Crippen LogP contribution in [0.4, 0.5) is 11.5 Å². The van der Waals surface area contributed by atoms with Crippen molar-refractivity contribution >= 4 is 22.4 Å². The van der Waals surface area contributed by atoms with E-state index in [1.165, 1.54) is 0 Å². The van der Waals surface area contributed by atoms with Crippen molar-refractivity contribution in [3.63, 3.8) is 0 Å². The minimum Gasteiger partial charge on any atom is -0.338 e. The topological polar surface area (TPSA) is 117 Å². The van der Waals surface area contributed by atoms with E-state index in [4.69, 9.17) is 5.10 Å². The lowest BCUT2D eigenvalue weighted by Crippen LogP contribution is -2.23. The molecule has 0 bridgehead atoms. The molecule has 3 aromatic heterocycles. The second-order valence-corrected chi connectivity index (χ2v) is 8.22. The van der Waals surface area contributed by atoms with E-state index in [1.54, 1.807) is 23.4 Å². The van der Waals surface area contributed by atoms with Gasteiger partial charge in [-0.1, -0.05) is 25.0 Å². The van der Waals surface area contributed by atoms with Gasteiger partial charge in [-0.3, -0.25) is 9.48 Å². The van der Waals surface area contributed by atoms with E-state index in [0.717, 1.165) is 42.5 Å². The van der Waals surface area contributed by atoms with Gasteiger partial charge in [0.25, 0.3) is 5.56 Å². The van der Waals surface area contributed by atoms with Crippen LogP contribution in [0, 0.1) is 17.2 Å². The number of H-pyrrole nitrogens is 1. The number of hydrogen-bond acceptors (Lipinski definition) is 6. The van der Waals surface area contributed by atoms with E-state index >= 15 is 0 Å². The van der Waals surface area contributed by atoms with E-state index in [9.17, 15) is 10.1 Å². The van der Waals surface area contributed by atoms with Gasteiger partial charge in [-0.25, -0.2) is 0 Å². The molecule has 5 rings (SSSR count). The molecule has 0 radical (unpaired) electrons. The van der Waals surface area contributed by atoms with Gasteiger partial charge in [0.1, 0.15) is 5.39 Å². The van der Waals surface area contributed by atoms with Crippen molar-refractivity contribution in [2.45, 2.75) is 44.7 Å². The zero-order valence-corrected chi connectivity index (χ0v) is 17.8.